The minimum atomic E-state index is -0.838. The molecule has 1 aliphatic heterocycles. The van der Waals surface area contributed by atoms with Gasteiger partial charge in [0.2, 0.25) is 0 Å². The number of carbonyl (C=O) groups excluding carboxylic acids is 1. The molecule has 0 saturated carbocycles. The van der Waals surface area contributed by atoms with Crippen LogP contribution in [-0.2, 0) is 16.1 Å². The van der Waals surface area contributed by atoms with Crippen LogP contribution in [0, 0.1) is 0 Å². The normalized spacial score (nSPS) is 14.7. The van der Waals surface area contributed by atoms with Gasteiger partial charge in [-0.2, -0.15) is 0 Å². The summed E-state index contributed by atoms with van der Waals surface area (Å²) in [6.07, 6.45) is 1.79. The maximum Gasteiger partial charge on any atom is 0.338 e. The Balaban J connectivity index is 1.58. The lowest BCUT2D eigenvalue weighted by Crippen LogP contribution is -2.40. The topological polar surface area (TPSA) is 88.4 Å². The molecule has 0 bridgehead atoms. The summed E-state index contributed by atoms with van der Waals surface area (Å²) in [7, 11) is 3.09. The van der Waals surface area contributed by atoms with Crippen molar-refractivity contribution in [3.63, 3.8) is 0 Å². The van der Waals surface area contributed by atoms with Crippen LogP contribution in [0.2, 0.25) is 5.02 Å². The summed E-state index contributed by atoms with van der Waals surface area (Å²) in [5, 5.41) is 0.636. The van der Waals surface area contributed by atoms with E-state index in [9.17, 15) is 9.59 Å². The summed E-state index contributed by atoms with van der Waals surface area (Å²) < 4.78 is 25.2. The van der Waals surface area contributed by atoms with E-state index in [0.717, 1.165) is 15.6 Å². The Morgan fingerprint density at radius 1 is 1.09 bits per heavy atom. The number of carbonyl (C=O) groups is 1. The highest BCUT2D eigenvalue weighted by molar-refractivity contribution is 9.10. The molecule has 1 aromatic heterocycles. The van der Waals surface area contributed by atoms with Crippen molar-refractivity contribution in [1.82, 2.24) is 4.57 Å². The number of esters is 1. The van der Waals surface area contributed by atoms with Crippen LogP contribution >= 0.6 is 38.9 Å². The third kappa shape index (κ3) is 6.27. The highest BCUT2D eigenvalue weighted by Crippen LogP contribution is 2.38. The number of benzene rings is 3. The van der Waals surface area contributed by atoms with Gasteiger partial charge in [-0.15, -0.1) is 0 Å². The van der Waals surface area contributed by atoms with Gasteiger partial charge in [0, 0.05) is 16.1 Å². The molecule has 8 nitrogen and oxygen atoms in total. The molecule has 3 aromatic carbocycles. The molecule has 0 spiro atoms. The Bertz CT molecular complexity index is 1920. The van der Waals surface area contributed by atoms with Crippen LogP contribution < -0.4 is 29.1 Å². The van der Waals surface area contributed by atoms with Crippen molar-refractivity contribution in [3.05, 3.63) is 118 Å². The summed E-state index contributed by atoms with van der Waals surface area (Å²) in [4.78, 5) is 32.4. The Hall–Kier alpha value is -3.86. The standard InChI is InChI=1S/C32H28BrClN2O6S/c1-5-41-31(38)28-18(2)35-32-36(29(28)22-16-21(39-3)11-13-25(22)40-4)30(37)27(43-32)15-19-10-12-26(23(33)14-19)42-17-20-8-6-7-9-24(20)34/h6-16,29H,5,17H2,1-4H3/b27-15-/t29-/m0/s1. The molecule has 0 radical (unpaired) electrons. The lowest BCUT2D eigenvalue weighted by Gasteiger charge is -2.26. The lowest BCUT2D eigenvalue weighted by molar-refractivity contribution is -0.139. The number of hydrogen-bond acceptors (Lipinski definition) is 8. The zero-order valence-electron chi connectivity index (χ0n) is 23.9. The van der Waals surface area contributed by atoms with E-state index in [1.165, 1.54) is 23.0 Å². The van der Waals surface area contributed by atoms with Crippen molar-refractivity contribution in [2.24, 2.45) is 4.99 Å². The second kappa shape index (κ2) is 13.2. The number of hydrogen-bond donors (Lipinski definition) is 0. The number of nitrogens with zero attached hydrogens (tertiary/aromatic N) is 2. The number of halogens is 2. The molecule has 0 saturated heterocycles. The first kappa shape index (κ1) is 30.6. The fourth-order valence-corrected chi connectivity index (χ4v) is 6.53. The molecular formula is C32H28BrClN2O6S. The molecule has 1 atom stereocenters. The molecular weight excluding hydrogens is 656 g/mol. The van der Waals surface area contributed by atoms with Crippen LogP contribution in [-0.4, -0.2) is 31.4 Å². The molecule has 43 heavy (non-hydrogen) atoms. The third-order valence-electron chi connectivity index (χ3n) is 6.84. The van der Waals surface area contributed by atoms with Crippen molar-refractivity contribution in [1.29, 1.82) is 0 Å². The minimum absolute atomic E-state index is 0.176. The van der Waals surface area contributed by atoms with Crippen LogP contribution in [0.1, 0.15) is 36.6 Å². The van der Waals surface area contributed by atoms with E-state index in [4.69, 9.17) is 30.5 Å². The average molecular weight is 684 g/mol. The molecule has 0 fully saturated rings. The molecule has 11 heteroatoms. The summed E-state index contributed by atoms with van der Waals surface area (Å²) in [6, 6.07) is 17.5. The molecule has 0 unspecified atom stereocenters. The number of ether oxygens (including phenoxy) is 4. The number of fused-ring (bicyclic) bond motifs is 1. The monoisotopic (exact) mass is 682 g/mol. The highest BCUT2D eigenvalue weighted by atomic mass is 79.9. The minimum Gasteiger partial charge on any atom is -0.497 e. The van der Waals surface area contributed by atoms with Gasteiger partial charge in [-0.25, -0.2) is 9.79 Å². The largest absolute Gasteiger partial charge is 0.497 e. The van der Waals surface area contributed by atoms with E-state index in [1.54, 1.807) is 45.2 Å². The maximum absolute atomic E-state index is 14.0. The van der Waals surface area contributed by atoms with Crippen LogP contribution in [0.4, 0.5) is 0 Å². The van der Waals surface area contributed by atoms with Crippen molar-refractivity contribution >= 4 is 50.9 Å². The summed E-state index contributed by atoms with van der Waals surface area (Å²) in [5.41, 5.74) is 2.65. The third-order valence-corrected chi connectivity index (χ3v) is 8.81. The van der Waals surface area contributed by atoms with E-state index in [2.05, 4.69) is 20.9 Å². The van der Waals surface area contributed by atoms with Crippen LogP contribution in [0.3, 0.4) is 0 Å². The van der Waals surface area contributed by atoms with Crippen molar-refractivity contribution in [2.45, 2.75) is 26.5 Å². The molecule has 222 valence electrons. The quantitative estimate of drug-likeness (QED) is 0.207. The Labute approximate surface area is 265 Å². The van der Waals surface area contributed by atoms with Gasteiger partial charge in [-0.1, -0.05) is 47.2 Å². The van der Waals surface area contributed by atoms with Crippen LogP contribution in [0.25, 0.3) is 6.08 Å². The van der Waals surface area contributed by atoms with Crippen molar-refractivity contribution < 1.29 is 23.7 Å². The van der Waals surface area contributed by atoms with E-state index >= 15 is 0 Å². The van der Waals surface area contributed by atoms with Gasteiger partial charge in [0.1, 0.15) is 29.9 Å². The average Bonchev–Trinajstić information content (AvgIpc) is 3.30. The zero-order valence-corrected chi connectivity index (χ0v) is 27.0. The van der Waals surface area contributed by atoms with Crippen molar-refractivity contribution in [2.75, 3.05) is 20.8 Å². The van der Waals surface area contributed by atoms with Gasteiger partial charge >= 0.3 is 5.97 Å². The summed E-state index contributed by atoms with van der Waals surface area (Å²) in [6.45, 7) is 3.96. The lowest BCUT2D eigenvalue weighted by atomic mass is 9.94. The first-order valence-corrected chi connectivity index (χ1v) is 15.3. The number of methoxy groups -OCH3 is 2. The Morgan fingerprint density at radius 3 is 2.56 bits per heavy atom. The van der Waals surface area contributed by atoms with E-state index < -0.39 is 12.0 Å². The maximum atomic E-state index is 14.0. The van der Waals surface area contributed by atoms with Gasteiger partial charge < -0.3 is 18.9 Å². The first-order chi connectivity index (χ1) is 20.7. The molecule has 5 rings (SSSR count). The van der Waals surface area contributed by atoms with Gasteiger partial charge in [-0.05, 0) is 77.8 Å². The zero-order chi connectivity index (χ0) is 30.7. The second-order valence-electron chi connectivity index (χ2n) is 9.48. The Morgan fingerprint density at radius 2 is 1.86 bits per heavy atom. The first-order valence-electron chi connectivity index (χ1n) is 13.3. The number of thiazole rings is 1. The SMILES string of the molecule is CCOC(=O)C1=C(C)N=c2s/c(=C\c3ccc(OCc4ccccc4Cl)c(Br)c3)c(=O)n2[C@H]1c1cc(OC)ccc1OC. The molecule has 0 aliphatic carbocycles. The van der Waals surface area contributed by atoms with Gasteiger partial charge in [0.25, 0.3) is 5.56 Å². The molecule has 0 N–H and O–H groups in total. The van der Waals surface area contributed by atoms with E-state index in [1.807, 2.05) is 42.5 Å². The predicted molar refractivity (Wildman–Crippen MR) is 170 cm³/mol. The van der Waals surface area contributed by atoms with Crippen LogP contribution in [0.5, 0.6) is 17.2 Å². The number of aromatic nitrogens is 1. The van der Waals surface area contributed by atoms with E-state index in [0.29, 0.717) is 49.5 Å². The summed E-state index contributed by atoms with van der Waals surface area (Å²) >= 11 is 11.1. The van der Waals surface area contributed by atoms with Gasteiger partial charge in [-0.3, -0.25) is 9.36 Å². The Kier molecular flexibility index (Phi) is 9.39. The van der Waals surface area contributed by atoms with Crippen molar-refractivity contribution in [3.8, 4) is 17.2 Å². The smallest absolute Gasteiger partial charge is 0.338 e. The highest BCUT2D eigenvalue weighted by Gasteiger charge is 2.35. The molecule has 1 aliphatic rings. The molecule has 0 amide bonds. The van der Waals surface area contributed by atoms with Gasteiger partial charge in [0.05, 0.1) is 41.1 Å². The van der Waals surface area contributed by atoms with Gasteiger partial charge in [0.15, 0.2) is 4.80 Å². The van der Waals surface area contributed by atoms with Crippen LogP contribution in [0.15, 0.2) is 86.2 Å². The number of allylic oxidation sites excluding steroid dienone is 1. The van der Waals surface area contributed by atoms with E-state index in [-0.39, 0.29) is 17.7 Å². The summed E-state index contributed by atoms with van der Waals surface area (Å²) in [5.74, 6) is 1.13. The second-order valence-corrected chi connectivity index (χ2v) is 11.8. The molecule has 2 heterocycles. The molecule has 4 aromatic rings. The fraction of sp³-hybridized carbons (Fsp3) is 0.219. The fourth-order valence-electron chi connectivity index (χ4n) is 4.79. The predicted octanol–water partition coefficient (Wildman–Crippen LogP) is 5.81. The number of rotatable bonds is 9.